The van der Waals surface area contributed by atoms with Crippen LogP contribution in [-0.2, 0) is 4.79 Å². The summed E-state index contributed by atoms with van der Waals surface area (Å²) in [6.07, 6.45) is 1.40. The van der Waals surface area contributed by atoms with Gasteiger partial charge in [-0.25, -0.2) is 4.79 Å². The van der Waals surface area contributed by atoms with Gasteiger partial charge in [0.2, 0.25) is 6.08 Å². The second kappa shape index (κ2) is 4.50. The topological polar surface area (TPSA) is 38.7 Å². The van der Waals surface area contributed by atoms with Crippen molar-refractivity contribution in [3.8, 4) is 5.75 Å². The molecule has 0 aliphatic rings. The van der Waals surface area contributed by atoms with Crippen LogP contribution in [0, 0.1) is 0 Å². The molecule has 0 saturated carbocycles. The van der Waals surface area contributed by atoms with Gasteiger partial charge in [-0.15, -0.1) is 0 Å². The van der Waals surface area contributed by atoms with E-state index < -0.39 is 0 Å². The summed E-state index contributed by atoms with van der Waals surface area (Å²) in [5.41, 5.74) is 0.708. The minimum Gasteiger partial charge on any atom is -0.497 e. The van der Waals surface area contributed by atoms with Crippen LogP contribution in [0.25, 0.3) is 0 Å². The van der Waals surface area contributed by atoms with Crippen molar-refractivity contribution >= 4 is 23.3 Å². The lowest BCUT2D eigenvalue weighted by atomic mass is 10.2. The van der Waals surface area contributed by atoms with E-state index in [4.69, 9.17) is 17.0 Å². The smallest absolute Gasteiger partial charge is 0.241 e. The van der Waals surface area contributed by atoms with Crippen molar-refractivity contribution < 1.29 is 9.53 Å². The molecule has 0 fully saturated rings. The van der Waals surface area contributed by atoms with Gasteiger partial charge in [0.15, 0.2) is 0 Å². The molecule has 0 amide bonds. The number of aliphatic imine (C=N–C) groups is 1. The van der Waals surface area contributed by atoms with Gasteiger partial charge >= 0.3 is 0 Å². The highest BCUT2D eigenvalue weighted by Crippen LogP contribution is 2.12. The Morgan fingerprint density at radius 2 is 2.08 bits per heavy atom. The molecule has 1 rings (SSSR count). The van der Waals surface area contributed by atoms with E-state index in [9.17, 15) is 4.79 Å². The highest BCUT2D eigenvalue weighted by Gasteiger charge is 1.98. The highest BCUT2D eigenvalue weighted by atomic mass is 32.1. The van der Waals surface area contributed by atoms with Crippen LogP contribution in [0.5, 0.6) is 5.75 Å². The Morgan fingerprint density at radius 3 is 2.54 bits per heavy atom. The summed E-state index contributed by atoms with van der Waals surface area (Å²) in [6, 6.07) is 6.98. The fourth-order valence-electron chi connectivity index (χ4n) is 0.840. The molecule has 0 heterocycles. The SMILES string of the molecule is COc1ccc(C(=S)N=C=O)cc1. The first kappa shape index (κ1) is 9.58. The molecular weight excluding hydrogens is 186 g/mol. The van der Waals surface area contributed by atoms with Gasteiger partial charge in [0.1, 0.15) is 10.7 Å². The zero-order valence-corrected chi connectivity index (χ0v) is 7.80. The first-order valence-electron chi connectivity index (χ1n) is 3.54. The minimum absolute atomic E-state index is 0.234. The Hall–Kier alpha value is -1.51. The third-order valence-electron chi connectivity index (χ3n) is 1.48. The van der Waals surface area contributed by atoms with E-state index in [2.05, 4.69) is 4.99 Å². The normalized spacial score (nSPS) is 8.69. The van der Waals surface area contributed by atoms with Crippen LogP contribution in [0.3, 0.4) is 0 Å². The predicted molar refractivity (Wildman–Crippen MR) is 52.8 cm³/mol. The number of methoxy groups -OCH3 is 1. The Labute approximate surface area is 81.1 Å². The van der Waals surface area contributed by atoms with Crippen molar-refractivity contribution in [2.24, 2.45) is 4.99 Å². The average Bonchev–Trinajstić information content (AvgIpc) is 2.18. The lowest BCUT2D eigenvalue weighted by Crippen LogP contribution is -1.92. The van der Waals surface area contributed by atoms with Gasteiger partial charge in [-0.1, -0.05) is 12.2 Å². The lowest BCUT2D eigenvalue weighted by molar-refractivity contribution is 0.415. The number of carbonyl (C=O) groups excluding carboxylic acids is 1. The van der Waals surface area contributed by atoms with E-state index in [0.717, 1.165) is 5.75 Å². The summed E-state index contributed by atoms with van der Waals surface area (Å²) < 4.78 is 4.96. The van der Waals surface area contributed by atoms with Crippen LogP contribution in [0.4, 0.5) is 0 Å². The van der Waals surface area contributed by atoms with Crippen LogP contribution < -0.4 is 4.74 Å². The molecule has 1 aromatic carbocycles. The Balaban J connectivity index is 2.92. The molecule has 0 aliphatic heterocycles. The van der Waals surface area contributed by atoms with Crippen molar-refractivity contribution in [2.45, 2.75) is 0 Å². The summed E-state index contributed by atoms with van der Waals surface area (Å²) in [7, 11) is 1.58. The largest absolute Gasteiger partial charge is 0.497 e. The number of benzene rings is 1. The molecule has 0 bridgehead atoms. The number of thiocarbonyl (C=S) groups is 1. The fourth-order valence-corrected chi connectivity index (χ4v) is 1.01. The molecule has 1 aromatic rings. The standard InChI is InChI=1S/C9H7NO2S/c1-12-8-4-2-7(3-5-8)9(13)10-6-11/h2-5H,1H3. The third-order valence-corrected chi connectivity index (χ3v) is 1.81. The second-order valence-corrected chi connectivity index (χ2v) is 2.62. The van der Waals surface area contributed by atoms with Crippen molar-refractivity contribution in [3.05, 3.63) is 29.8 Å². The van der Waals surface area contributed by atoms with E-state index in [1.54, 1.807) is 31.4 Å². The van der Waals surface area contributed by atoms with Gasteiger partial charge in [-0.3, -0.25) is 0 Å². The number of isocyanates is 1. The molecule has 0 spiro atoms. The maximum Gasteiger partial charge on any atom is 0.241 e. The average molecular weight is 193 g/mol. The second-order valence-electron chi connectivity index (χ2n) is 2.24. The van der Waals surface area contributed by atoms with Gasteiger partial charge in [0.25, 0.3) is 0 Å². The first-order chi connectivity index (χ1) is 6.27. The van der Waals surface area contributed by atoms with Crippen LogP contribution in [0.15, 0.2) is 29.3 Å². The molecule has 66 valence electrons. The number of nitrogens with zero attached hydrogens (tertiary/aromatic N) is 1. The maximum absolute atomic E-state index is 9.91. The van der Waals surface area contributed by atoms with Gasteiger partial charge in [0.05, 0.1) is 7.11 Å². The van der Waals surface area contributed by atoms with Crippen molar-refractivity contribution in [1.82, 2.24) is 0 Å². The molecule has 0 saturated heterocycles. The summed E-state index contributed by atoms with van der Waals surface area (Å²) in [5.74, 6) is 0.738. The molecule has 0 N–H and O–H groups in total. The van der Waals surface area contributed by atoms with Gasteiger partial charge in [-0.05, 0) is 24.3 Å². The molecule has 3 nitrogen and oxygen atoms in total. The summed E-state index contributed by atoms with van der Waals surface area (Å²) in [4.78, 5) is 13.5. The Bertz CT molecular complexity index is 352. The van der Waals surface area contributed by atoms with Crippen LogP contribution in [-0.4, -0.2) is 18.2 Å². The molecule has 0 unspecified atom stereocenters. The van der Waals surface area contributed by atoms with Crippen LogP contribution >= 0.6 is 12.2 Å². The fraction of sp³-hybridized carbons (Fsp3) is 0.111. The summed E-state index contributed by atoms with van der Waals surface area (Å²) >= 11 is 4.83. The summed E-state index contributed by atoms with van der Waals surface area (Å²) in [5, 5.41) is 0. The Kier molecular flexibility index (Phi) is 3.31. The van der Waals surface area contributed by atoms with E-state index in [1.165, 1.54) is 6.08 Å². The van der Waals surface area contributed by atoms with E-state index in [-0.39, 0.29) is 4.99 Å². The molecule has 0 aliphatic carbocycles. The maximum atomic E-state index is 9.91. The molecule has 0 radical (unpaired) electrons. The number of ether oxygens (including phenoxy) is 1. The number of hydrogen-bond acceptors (Lipinski definition) is 3. The van der Waals surface area contributed by atoms with Gasteiger partial charge in [-0.2, -0.15) is 4.99 Å². The third kappa shape index (κ3) is 2.47. The number of rotatable bonds is 2. The van der Waals surface area contributed by atoms with E-state index >= 15 is 0 Å². The molecule has 13 heavy (non-hydrogen) atoms. The van der Waals surface area contributed by atoms with Gasteiger partial charge in [0, 0.05) is 5.56 Å². The summed E-state index contributed by atoms with van der Waals surface area (Å²) in [6.45, 7) is 0. The van der Waals surface area contributed by atoms with Crippen LogP contribution in [0.1, 0.15) is 5.56 Å². The first-order valence-corrected chi connectivity index (χ1v) is 3.95. The highest BCUT2D eigenvalue weighted by molar-refractivity contribution is 7.80. The quantitative estimate of drug-likeness (QED) is 0.407. The van der Waals surface area contributed by atoms with Crippen molar-refractivity contribution in [1.29, 1.82) is 0 Å². The molecule has 0 atom stereocenters. The molecular formula is C9H7NO2S. The zero-order valence-electron chi connectivity index (χ0n) is 6.98. The monoisotopic (exact) mass is 193 g/mol. The predicted octanol–water partition coefficient (Wildman–Crippen LogP) is 1.71. The van der Waals surface area contributed by atoms with Gasteiger partial charge < -0.3 is 4.74 Å². The lowest BCUT2D eigenvalue weighted by Gasteiger charge is -1.99. The zero-order chi connectivity index (χ0) is 9.68. The van der Waals surface area contributed by atoms with E-state index in [0.29, 0.717) is 5.56 Å². The Morgan fingerprint density at radius 1 is 1.46 bits per heavy atom. The van der Waals surface area contributed by atoms with E-state index in [1.807, 2.05) is 0 Å². The number of hydrogen-bond donors (Lipinski definition) is 0. The molecule has 0 aromatic heterocycles. The van der Waals surface area contributed by atoms with Crippen LogP contribution in [0.2, 0.25) is 0 Å². The van der Waals surface area contributed by atoms with Crippen molar-refractivity contribution in [3.63, 3.8) is 0 Å². The molecule has 4 heteroatoms. The minimum atomic E-state index is 0.234. The van der Waals surface area contributed by atoms with Crippen molar-refractivity contribution in [2.75, 3.05) is 7.11 Å².